The average Bonchev–Trinajstić information content (AvgIpc) is 2.83. The number of nitrogens with zero attached hydrogens (tertiary/aromatic N) is 2. The van der Waals surface area contributed by atoms with Crippen LogP contribution in [-0.2, 0) is 11.3 Å². The lowest BCUT2D eigenvalue weighted by Crippen LogP contribution is -2.22. The molecule has 0 unspecified atom stereocenters. The van der Waals surface area contributed by atoms with Crippen molar-refractivity contribution in [3.63, 3.8) is 0 Å². The Bertz CT molecular complexity index is 343. The van der Waals surface area contributed by atoms with Gasteiger partial charge >= 0.3 is 0 Å². The molecule has 0 aliphatic heterocycles. The van der Waals surface area contributed by atoms with Crippen molar-refractivity contribution in [3.8, 4) is 0 Å². The molecule has 0 atom stereocenters. The quantitative estimate of drug-likeness (QED) is 0.804. The molecular formula is C15H27N3O. The molecule has 1 N–H and O–H groups in total. The van der Waals surface area contributed by atoms with Crippen LogP contribution in [0.4, 0.5) is 0 Å². The molecule has 0 radical (unpaired) electrons. The molecule has 1 aromatic rings. The molecule has 4 nitrogen and oxygen atoms in total. The topological polar surface area (TPSA) is 39.1 Å². The molecule has 0 spiro atoms. The van der Waals surface area contributed by atoms with Gasteiger partial charge in [0.05, 0.1) is 18.6 Å². The highest BCUT2D eigenvalue weighted by atomic mass is 16.5. The number of ether oxygens (including phenoxy) is 1. The summed E-state index contributed by atoms with van der Waals surface area (Å²) in [6.07, 6.45) is 13.6. The second-order valence-corrected chi connectivity index (χ2v) is 5.46. The number of hydrogen-bond donors (Lipinski definition) is 1. The summed E-state index contributed by atoms with van der Waals surface area (Å²) < 4.78 is 7.45. The van der Waals surface area contributed by atoms with Gasteiger partial charge in [-0.2, -0.15) is 0 Å². The van der Waals surface area contributed by atoms with Gasteiger partial charge < -0.3 is 14.6 Å². The van der Waals surface area contributed by atoms with E-state index in [1.54, 1.807) is 7.11 Å². The molecule has 0 amide bonds. The van der Waals surface area contributed by atoms with Crippen molar-refractivity contribution < 1.29 is 4.74 Å². The maximum absolute atomic E-state index is 5.05. The summed E-state index contributed by atoms with van der Waals surface area (Å²) in [7, 11) is 1.74. The fourth-order valence-electron chi connectivity index (χ4n) is 2.90. The van der Waals surface area contributed by atoms with Crippen molar-refractivity contribution in [2.24, 2.45) is 0 Å². The van der Waals surface area contributed by atoms with Gasteiger partial charge in [-0.1, -0.05) is 32.1 Å². The maximum atomic E-state index is 5.05. The van der Waals surface area contributed by atoms with Crippen LogP contribution in [0.3, 0.4) is 0 Å². The van der Waals surface area contributed by atoms with E-state index < -0.39 is 0 Å². The number of rotatable bonds is 6. The summed E-state index contributed by atoms with van der Waals surface area (Å²) >= 11 is 0. The third-order valence-corrected chi connectivity index (χ3v) is 4.00. The molecule has 1 fully saturated rings. The molecule has 2 rings (SSSR count). The Morgan fingerprint density at radius 2 is 2.00 bits per heavy atom. The first-order valence-corrected chi connectivity index (χ1v) is 7.62. The monoisotopic (exact) mass is 265 g/mol. The molecule has 0 saturated heterocycles. The molecule has 1 aliphatic carbocycles. The molecule has 0 aromatic carbocycles. The minimum atomic E-state index is 0.655. The Balaban J connectivity index is 1.89. The summed E-state index contributed by atoms with van der Waals surface area (Å²) in [4.78, 5) is 4.34. The summed E-state index contributed by atoms with van der Waals surface area (Å²) in [5, 5.41) is 3.41. The van der Waals surface area contributed by atoms with E-state index in [2.05, 4.69) is 14.9 Å². The second-order valence-electron chi connectivity index (χ2n) is 5.46. The minimum Gasteiger partial charge on any atom is -0.383 e. The summed E-state index contributed by atoms with van der Waals surface area (Å²) in [5.74, 6) is 0. The zero-order valence-corrected chi connectivity index (χ0v) is 12.1. The average molecular weight is 265 g/mol. The highest BCUT2D eigenvalue weighted by Crippen LogP contribution is 2.27. The largest absolute Gasteiger partial charge is 0.383 e. The number of methoxy groups -OCH3 is 1. The van der Waals surface area contributed by atoms with Crippen molar-refractivity contribution >= 4 is 0 Å². The third-order valence-electron chi connectivity index (χ3n) is 4.00. The van der Waals surface area contributed by atoms with Gasteiger partial charge in [-0.3, -0.25) is 0 Å². The van der Waals surface area contributed by atoms with Crippen molar-refractivity contribution in [2.75, 3.05) is 20.3 Å². The first-order chi connectivity index (χ1) is 9.42. The van der Waals surface area contributed by atoms with Gasteiger partial charge in [0, 0.05) is 32.4 Å². The molecule has 1 heterocycles. The van der Waals surface area contributed by atoms with Gasteiger partial charge in [-0.25, -0.2) is 4.98 Å². The van der Waals surface area contributed by atoms with E-state index in [-0.39, 0.29) is 0 Å². The summed E-state index contributed by atoms with van der Waals surface area (Å²) in [5.41, 5.74) is 1.31. The molecule has 1 aromatic heterocycles. The number of imidazole rings is 1. The van der Waals surface area contributed by atoms with E-state index >= 15 is 0 Å². The van der Waals surface area contributed by atoms with Gasteiger partial charge in [0.15, 0.2) is 0 Å². The van der Waals surface area contributed by atoms with E-state index in [9.17, 15) is 0 Å². The third kappa shape index (κ3) is 4.62. The predicted molar refractivity (Wildman–Crippen MR) is 77.2 cm³/mol. The SMILES string of the molecule is COCCNCc1cncn1C1CCCCCCC1. The van der Waals surface area contributed by atoms with Gasteiger partial charge in [0.25, 0.3) is 0 Å². The van der Waals surface area contributed by atoms with Crippen LogP contribution in [0.5, 0.6) is 0 Å². The Labute approximate surface area is 116 Å². The van der Waals surface area contributed by atoms with Crippen LogP contribution < -0.4 is 5.32 Å². The molecular weight excluding hydrogens is 238 g/mol. The van der Waals surface area contributed by atoms with Crippen molar-refractivity contribution in [3.05, 3.63) is 18.2 Å². The Hall–Kier alpha value is -0.870. The predicted octanol–water partition coefficient (Wildman–Crippen LogP) is 2.90. The fraction of sp³-hybridized carbons (Fsp3) is 0.800. The van der Waals surface area contributed by atoms with E-state index in [4.69, 9.17) is 4.74 Å². The van der Waals surface area contributed by atoms with E-state index in [0.717, 1.165) is 19.7 Å². The van der Waals surface area contributed by atoms with Crippen molar-refractivity contribution in [1.29, 1.82) is 0 Å². The van der Waals surface area contributed by atoms with E-state index in [0.29, 0.717) is 6.04 Å². The van der Waals surface area contributed by atoms with Crippen molar-refractivity contribution in [2.45, 2.75) is 57.5 Å². The summed E-state index contributed by atoms with van der Waals surface area (Å²) in [6.45, 7) is 2.55. The molecule has 108 valence electrons. The maximum Gasteiger partial charge on any atom is 0.0951 e. The van der Waals surface area contributed by atoms with Crippen LogP contribution in [-0.4, -0.2) is 29.8 Å². The van der Waals surface area contributed by atoms with Crippen LogP contribution in [0.1, 0.15) is 56.7 Å². The Kier molecular flexibility index (Phi) is 6.37. The van der Waals surface area contributed by atoms with Gasteiger partial charge in [0.2, 0.25) is 0 Å². The van der Waals surface area contributed by atoms with Gasteiger partial charge in [-0.15, -0.1) is 0 Å². The first-order valence-electron chi connectivity index (χ1n) is 7.62. The zero-order valence-electron chi connectivity index (χ0n) is 12.1. The standard InChI is InChI=1S/C15H27N3O/c1-19-10-9-16-11-15-12-17-13-18(15)14-7-5-3-2-4-6-8-14/h12-14,16H,2-11H2,1H3. The number of aromatic nitrogens is 2. The zero-order chi connectivity index (χ0) is 13.3. The molecule has 1 saturated carbocycles. The number of hydrogen-bond acceptors (Lipinski definition) is 3. The van der Waals surface area contributed by atoms with E-state index in [1.165, 1.54) is 50.6 Å². The van der Waals surface area contributed by atoms with Crippen LogP contribution in [0.25, 0.3) is 0 Å². The Morgan fingerprint density at radius 3 is 2.74 bits per heavy atom. The molecule has 0 bridgehead atoms. The normalized spacial score (nSPS) is 18.2. The smallest absolute Gasteiger partial charge is 0.0951 e. The molecule has 4 heteroatoms. The fourth-order valence-corrected chi connectivity index (χ4v) is 2.90. The van der Waals surface area contributed by atoms with Crippen LogP contribution in [0.15, 0.2) is 12.5 Å². The van der Waals surface area contributed by atoms with Crippen molar-refractivity contribution in [1.82, 2.24) is 14.9 Å². The highest BCUT2D eigenvalue weighted by Gasteiger charge is 2.15. The first kappa shape index (κ1) is 14.5. The molecule has 1 aliphatic rings. The van der Waals surface area contributed by atoms with Crippen LogP contribution in [0, 0.1) is 0 Å². The van der Waals surface area contributed by atoms with E-state index in [1.807, 2.05) is 12.5 Å². The lowest BCUT2D eigenvalue weighted by atomic mass is 9.96. The van der Waals surface area contributed by atoms with Gasteiger partial charge in [-0.05, 0) is 12.8 Å². The lowest BCUT2D eigenvalue weighted by molar-refractivity contribution is 0.198. The highest BCUT2D eigenvalue weighted by molar-refractivity contribution is 5.00. The molecule has 19 heavy (non-hydrogen) atoms. The van der Waals surface area contributed by atoms with Crippen LogP contribution >= 0.6 is 0 Å². The summed E-state index contributed by atoms with van der Waals surface area (Å²) in [6, 6.07) is 0.655. The lowest BCUT2D eigenvalue weighted by Gasteiger charge is -2.23. The number of nitrogens with one attached hydrogen (secondary N) is 1. The minimum absolute atomic E-state index is 0.655. The van der Waals surface area contributed by atoms with Gasteiger partial charge in [0.1, 0.15) is 0 Å². The second kappa shape index (κ2) is 8.33. The van der Waals surface area contributed by atoms with Crippen LogP contribution in [0.2, 0.25) is 0 Å². The Morgan fingerprint density at radius 1 is 1.26 bits per heavy atom.